The SMILES string of the molecule is CCOP(OCC)OCc1cnc2nc(N)nc(-n3cncn3)c2n1. The van der Waals surface area contributed by atoms with E-state index in [-0.39, 0.29) is 12.6 Å². The second kappa shape index (κ2) is 8.17. The zero-order valence-electron chi connectivity index (χ0n) is 13.7. The number of anilines is 1. The van der Waals surface area contributed by atoms with Crippen LogP contribution in [0.2, 0.25) is 0 Å². The zero-order valence-corrected chi connectivity index (χ0v) is 14.6. The fraction of sp³-hybridized carbons (Fsp3) is 0.385. The molecule has 3 aromatic rings. The smallest absolute Gasteiger partial charge is 0.333 e. The lowest BCUT2D eigenvalue weighted by molar-refractivity contribution is 0.163. The third-order valence-corrected chi connectivity index (χ3v) is 4.16. The van der Waals surface area contributed by atoms with Gasteiger partial charge in [0, 0.05) is 0 Å². The van der Waals surface area contributed by atoms with Crippen molar-refractivity contribution in [3.8, 4) is 5.82 Å². The minimum Gasteiger partial charge on any atom is -0.368 e. The third kappa shape index (κ3) is 4.20. The summed E-state index contributed by atoms with van der Waals surface area (Å²) in [7, 11) is -1.42. The molecule has 0 spiro atoms. The molecule has 0 bridgehead atoms. The molecule has 0 aliphatic rings. The molecule has 0 aliphatic carbocycles. The highest BCUT2D eigenvalue weighted by atomic mass is 31.2. The summed E-state index contributed by atoms with van der Waals surface area (Å²) in [5.41, 5.74) is 7.11. The average molecular weight is 364 g/mol. The van der Waals surface area contributed by atoms with E-state index in [0.717, 1.165) is 0 Å². The summed E-state index contributed by atoms with van der Waals surface area (Å²) in [6.45, 7) is 4.92. The number of rotatable bonds is 8. The van der Waals surface area contributed by atoms with Crippen molar-refractivity contribution < 1.29 is 13.6 Å². The van der Waals surface area contributed by atoms with Crippen molar-refractivity contribution in [3.05, 3.63) is 24.5 Å². The number of aromatic nitrogens is 7. The first-order valence-corrected chi connectivity index (χ1v) is 8.63. The molecule has 0 fully saturated rings. The Morgan fingerprint density at radius 2 is 1.92 bits per heavy atom. The Balaban J connectivity index is 1.88. The van der Waals surface area contributed by atoms with E-state index in [1.54, 1.807) is 6.20 Å². The molecule has 0 saturated heterocycles. The lowest BCUT2D eigenvalue weighted by Crippen LogP contribution is -2.08. The molecule has 0 unspecified atom stereocenters. The second-order valence-electron chi connectivity index (χ2n) is 4.61. The van der Waals surface area contributed by atoms with Crippen molar-refractivity contribution in [2.24, 2.45) is 0 Å². The van der Waals surface area contributed by atoms with Crippen LogP contribution in [-0.4, -0.2) is 47.9 Å². The van der Waals surface area contributed by atoms with Gasteiger partial charge in [-0.3, -0.25) is 0 Å². The highest BCUT2D eigenvalue weighted by Gasteiger charge is 2.15. The summed E-state index contributed by atoms with van der Waals surface area (Å²) in [4.78, 5) is 20.9. The number of nitrogen functional groups attached to an aromatic ring is 1. The molecule has 2 N–H and O–H groups in total. The molecule has 25 heavy (non-hydrogen) atoms. The molecular formula is C13H17N8O3P. The summed E-state index contributed by atoms with van der Waals surface area (Å²) >= 11 is 0. The van der Waals surface area contributed by atoms with Crippen molar-refractivity contribution in [1.29, 1.82) is 0 Å². The minimum absolute atomic E-state index is 0.0764. The van der Waals surface area contributed by atoms with Crippen molar-refractivity contribution in [2.75, 3.05) is 18.9 Å². The lowest BCUT2D eigenvalue weighted by atomic mass is 10.4. The van der Waals surface area contributed by atoms with Gasteiger partial charge in [-0.25, -0.2) is 19.6 Å². The second-order valence-corrected chi connectivity index (χ2v) is 5.83. The monoisotopic (exact) mass is 364 g/mol. The molecular weight excluding hydrogens is 347 g/mol. The summed E-state index contributed by atoms with van der Waals surface area (Å²) in [5.74, 6) is 0.471. The van der Waals surface area contributed by atoms with Crippen molar-refractivity contribution in [2.45, 2.75) is 20.5 Å². The number of hydrogen-bond donors (Lipinski definition) is 1. The zero-order chi connectivity index (χ0) is 17.6. The molecule has 0 atom stereocenters. The first-order valence-electron chi connectivity index (χ1n) is 7.54. The highest BCUT2D eigenvalue weighted by Crippen LogP contribution is 2.40. The van der Waals surface area contributed by atoms with E-state index in [9.17, 15) is 0 Å². The van der Waals surface area contributed by atoms with E-state index in [1.165, 1.54) is 17.3 Å². The predicted octanol–water partition coefficient (Wildman–Crippen LogP) is 1.40. The van der Waals surface area contributed by atoms with Crippen LogP contribution in [0.1, 0.15) is 19.5 Å². The molecule has 0 saturated carbocycles. The van der Waals surface area contributed by atoms with Crippen LogP contribution < -0.4 is 5.73 Å². The first kappa shape index (κ1) is 17.5. The third-order valence-electron chi connectivity index (χ3n) is 2.88. The number of nitrogens with two attached hydrogens (primary N) is 1. The quantitative estimate of drug-likeness (QED) is 0.584. The van der Waals surface area contributed by atoms with Crippen molar-refractivity contribution in [3.63, 3.8) is 0 Å². The lowest BCUT2D eigenvalue weighted by Gasteiger charge is -2.14. The van der Waals surface area contributed by atoms with Gasteiger partial charge in [0.1, 0.15) is 12.7 Å². The largest absolute Gasteiger partial charge is 0.368 e. The van der Waals surface area contributed by atoms with E-state index in [1.807, 2.05) is 13.8 Å². The van der Waals surface area contributed by atoms with Gasteiger partial charge in [0.25, 0.3) is 0 Å². The molecule has 0 amide bonds. The van der Waals surface area contributed by atoms with Gasteiger partial charge >= 0.3 is 8.60 Å². The number of hydrogen-bond acceptors (Lipinski definition) is 10. The van der Waals surface area contributed by atoms with Gasteiger partial charge in [0.05, 0.1) is 31.7 Å². The molecule has 12 heteroatoms. The fourth-order valence-electron chi connectivity index (χ4n) is 1.93. The van der Waals surface area contributed by atoms with Crippen LogP contribution in [0, 0.1) is 0 Å². The normalized spacial score (nSPS) is 11.5. The molecule has 0 aliphatic heterocycles. The van der Waals surface area contributed by atoms with Crippen LogP contribution in [0.25, 0.3) is 17.0 Å². The van der Waals surface area contributed by atoms with E-state index in [0.29, 0.717) is 35.9 Å². The molecule has 132 valence electrons. The molecule has 0 aromatic carbocycles. The van der Waals surface area contributed by atoms with E-state index in [2.05, 4.69) is 30.0 Å². The van der Waals surface area contributed by atoms with Gasteiger partial charge in [-0.2, -0.15) is 15.1 Å². The van der Waals surface area contributed by atoms with Gasteiger partial charge in [-0.05, 0) is 13.8 Å². The van der Waals surface area contributed by atoms with Crippen LogP contribution in [0.4, 0.5) is 5.95 Å². The maximum atomic E-state index is 5.73. The van der Waals surface area contributed by atoms with Gasteiger partial charge in [0.2, 0.25) is 5.95 Å². The summed E-state index contributed by atoms with van der Waals surface area (Å²) in [6.07, 6.45) is 4.45. The summed E-state index contributed by atoms with van der Waals surface area (Å²) in [6, 6.07) is 0. The van der Waals surface area contributed by atoms with E-state index >= 15 is 0 Å². The fourth-order valence-corrected chi connectivity index (χ4v) is 2.82. The van der Waals surface area contributed by atoms with Crippen LogP contribution >= 0.6 is 8.60 Å². The molecule has 11 nitrogen and oxygen atoms in total. The van der Waals surface area contributed by atoms with Crippen LogP contribution in [0.5, 0.6) is 0 Å². The first-order chi connectivity index (χ1) is 12.2. The molecule has 3 rings (SSSR count). The van der Waals surface area contributed by atoms with Gasteiger partial charge in [-0.15, -0.1) is 0 Å². The topological polar surface area (TPSA) is 136 Å². The predicted molar refractivity (Wildman–Crippen MR) is 89.4 cm³/mol. The van der Waals surface area contributed by atoms with Gasteiger partial charge < -0.3 is 19.3 Å². The van der Waals surface area contributed by atoms with Crippen LogP contribution in [0.3, 0.4) is 0 Å². The maximum Gasteiger partial charge on any atom is 0.333 e. The van der Waals surface area contributed by atoms with Crippen molar-refractivity contribution >= 4 is 25.7 Å². The number of nitrogens with zero attached hydrogens (tertiary/aromatic N) is 7. The highest BCUT2D eigenvalue weighted by molar-refractivity contribution is 7.41. The Morgan fingerprint density at radius 3 is 2.60 bits per heavy atom. The Hall–Kier alpha value is -2.33. The maximum absolute atomic E-state index is 5.73. The minimum atomic E-state index is -1.42. The molecule has 0 radical (unpaired) electrons. The summed E-state index contributed by atoms with van der Waals surface area (Å²) in [5, 5.41) is 4.05. The van der Waals surface area contributed by atoms with Gasteiger partial charge in [-0.1, -0.05) is 0 Å². The van der Waals surface area contributed by atoms with E-state index < -0.39 is 8.60 Å². The number of fused-ring (bicyclic) bond motifs is 1. The standard InChI is InChI=1S/C13H17N8O3P/c1-3-22-25(23-4-2)24-6-9-5-16-11-10(18-9)12(20-13(14)19-11)21-8-15-7-17-21/h5,7-8H,3-4,6H2,1-2H3,(H2,14,16,19,20). The average Bonchev–Trinajstić information content (AvgIpc) is 3.14. The summed E-state index contributed by atoms with van der Waals surface area (Å²) < 4.78 is 17.9. The van der Waals surface area contributed by atoms with Crippen LogP contribution in [-0.2, 0) is 20.2 Å². The van der Waals surface area contributed by atoms with Crippen molar-refractivity contribution in [1.82, 2.24) is 34.7 Å². The Labute approximate surface area is 144 Å². The van der Waals surface area contributed by atoms with Gasteiger partial charge in [0.15, 0.2) is 17.0 Å². The molecule has 3 heterocycles. The van der Waals surface area contributed by atoms with E-state index in [4.69, 9.17) is 19.3 Å². The molecule has 3 aromatic heterocycles. The Bertz CT molecular complexity index is 826. The Kier molecular flexibility index (Phi) is 5.71. The van der Waals surface area contributed by atoms with Crippen LogP contribution in [0.15, 0.2) is 18.9 Å². The Morgan fingerprint density at radius 1 is 1.12 bits per heavy atom.